The molecule has 0 radical (unpaired) electrons. The molecule has 3 aromatic rings. The fourth-order valence-electron chi connectivity index (χ4n) is 4.96. The number of carbonyl (C=O) groups excluding carboxylic acids is 1. The molecule has 5 rings (SSSR count). The minimum absolute atomic E-state index is 0.103. The molecule has 3 nitrogen and oxygen atoms in total. The minimum Gasteiger partial charge on any atom is -0.423 e. The van der Waals surface area contributed by atoms with Crippen molar-refractivity contribution in [3.63, 3.8) is 0 Å². The third-order valence-corrected chi connectivity index (χ3v) is 7.25. The Labute approximate surface area is 207 Å². The van der Waals surface area contributed by atoms with Gasteiger partial charge in [0.2, 0.25) is 5.82 Å². The normalized spacial score (nSPS) is 21.3. The number of halogens is 4. The molecule has 1 aliphatic heterocycles. The first-order chi connectivity index (χ1) is 17.4. The van der Waals surface area contributed by atoms with Gasteiger partial charge in [0, 0.05) is 11.1 Å². The van der Waals surface area contributed by atoms with E-state index in [0.717, 1.165) is 12.0 Å². The number of benzene rings is 3. The van der Waals surface area contributed by atoms with Gasteiger partial charge in [-0.2, -0.15) is 4.39 Å². The second-order valence-corrected chi connectivity index (χ2v) is 9.45. The van der Waals surface area contributed by atoms with Crippen LogP contribution in [0.2, 0.25) is 0 Å². The van der Waals surface area contributed by atoms with E-state index in [1.807, 2.05) is 19.1 Å². The number of rotatable bonds is 6. The molecule has 1 atom stereocenters. The quantitative estimate of drug-likeness (QED) is 0.154. The highest BCUT2D eigenvalue weighted by Gasteiger charge is 2.33. The van der Waals surface area contributed by atoms with Crippen molar-refractivity contribution >= 4 is 5.97 Å². The molecular formula is C29H26F4O3. The van der Waals surface area contributed by atoms with E-state index >= 15 is 4.39 Å². The van der Waals surface area contributed by atoms with Crippen molar-refractivity contribution in [2.45, 2.75) is 51.0 Å². The highest BCUT2D eigenvalue weighted by Crippen LogP contribution is 2.40. The Hall–Kier alpha value is -3.19. The van der Waals surface area contributed by atoms with E-state index in [0.29, 0.717) is 43.4 Å². The summed E-state index contributed by atoms with van der Waals surface area (Å²) in [6.07, 6.45) is 2.07. The number of hydrogen-bond donors (Lipinski definition) is 0. The van der Waals surface area contributed by atoms with E-state index in [-0.39, 0.29) is 17.0 Å². The molecule has 2 aliphatic rings. The average Bonchev–Trinajstić information content (AvgIpc) is 3.74. The molecule has 0 aromatic heterocycles. The van der Waals surface area contributed by atoms with Gasteiger partial charge in [-0.05, 0) is 66.8 Å². The summed E-state index contributed by atoms with van der Waals surface area (Å²) in [5.41, 5.74) is 2.34. The van der Waals surface area contributed by atoms with Crippen LogP contribution in [0.3, 0.4) is 0 Å². The van der Waals surface area contributed by atoms with E-state index in [4.69, 9.17) is 9.47 Å². The van der Waals surface area contributed by atoms with E-state index in [1.54, 1.807) is 24.3 Å². The lowest BCUT2D eigenvalue weighted by Gasteiger charge is -2.28. The van der Waals surface area contributed by atoms with Gasteiger partial charge in [-0.1, -0.05) is 43.3 Å². The van der Waals surface area contributed by atoms with Crippen LogP contribution in [0.5, 0.6) is 5.75 Å². The first-order valence-corrected chi connectivity index (χ1v) is 12.3. The van der Waals surface area contributed by atoms with Crippen LogP contribution in [0.1, 0.15) is 61.3 Å². The molecule has 0 bridgehead atoms. The molecule has 0 spiro atoms. The number of aryl methyl sites for hydroxylation is 1. The van der Waals surface area contributed by atoms with Crippen LogP contribution in [0, 0.1) is 29.2 Å². The van der Waals surface area contributed by atoms with Gasteiger partial charge in [0.1, 0.15) is 6.10 Å². The smallest absolute Gasteiger partial charge is 0.314 e. The fourth-order valence-corrected chi connectivity index (χ4v) is 4.96. The number of ether oxygens (including phenoxy) is 2. The number of carbonyl (C=O) groups is 1. The Morgan fingerprint density at radius 1 is 0.833 bits per heavy atom. The highest BCUT2D eigenvalue weighted by atomic mass is 19.2. The topological polar surface area (TPSA) is 38.8 Å². The monoisotopic (exact) mass is 498 g/mol. The molecule has 7 heteroatoms. The van der Waals surface area contributed by atoms with Crippen molar-refractivity contribution in [3.05, 3.63) is 88.5 Å². The molecular weight excluding hydrogens is 472 g/mol. The predicted molar refractivity (Wildman–Crippen MR) is 127 cm³/mol. The molecule has 1 saturated carbocycles. The Morgan fingerprint density at radius 3 is 2.11 bits per heavy atom. The molecule has 1 unspecified atom stereocenters. The molecule has 0 amide bonds. The zero-order chi connectivity index (χ0) is 25.4. The molecule has 2 fully saturated rings. The standard InChI is InChI=1S/C29H26F4O3/c1-2-16-3-5-17(6-4-16)20-11-12-21(26(31)25(20)30)18-7-9-19(10-8-18)29(34)36-23-14-13-22(24-15-35-24)27(32)28(23)33/h3-6,11-14,18-19,24H,2,7-10,15H2,1H3. The highest BCUT2D eigenvalue weighted by molar-refractivity contribution is 5.75. The summed E-state index contributed by atoms with van der Waals surface area (Å²) in [6, 6.07) is 13.2. The van der Waals surface area contributed by atoms with Gasteiger partial charge in [-0.3, -0.25) is 4.79 Å². The Morgan fingerprint density at radius 2 is 1.47 bits per heavy atom. The van der Waals surface area contributed by atoms with E-state index < -0.39 is 47.0 Å². The molecule has 3 aromatic carbocycles. The second kappa shape index (κ2) is 10.1. The maximum Gasteiger partial charge on any atom is 0.314 e. The lowest BCUT2D eigenvalue weighted by atomic mass is 9.78. The van der Waals surface area contributed by atoms with E-state index in [2.05, 4.69) is 0 Å². The van der Waals surface area contributed by atoms with Crippen LogP contribution in [0.15, 0.2) is 48.5 Å². The summed E-state index contributed by atoms with van der Waals surface area (Å²) >= 11 is 0. The van der Waals surface area contributed by atoms with Gasteiger partial charge in [0.05, 0.1) is 12.5 Å². The third kappa shape index (κ3) is 4.76. The Bertz CT molecular complexity index is 1280. The number of hydrogen-bond acceptors (Lipinski definition) is 3. The molecule has 1 heterocycles. The summed E-state index contributed by atoms with van der Waals surface area (Å²) in [6.45, 7) is 2.36. The maximum absolute atomic E-state index is 15.0. The SMILES string of the molecule is CCc1ccc(-c2ccc(C3CCC(C(=O)Oc4ccc(C5CO5)c(F)c4F)CC3)c(F)c2F)cc1. The van der Waals surface area contributed by atoms with Crippen LogP contribution in [-0.2, 0) is 16.0 Å². The second-order valence-electron chi connectivity index (χ2n) is 9.45. The zero-order valence-corrected chi connectivity index (χ0v) is 19.8. The van der Waals surface area contributed by atoms with E-state index in [1.165, 1.54) is 12.1 Å². The third-order valence-electron chi connectivity index (χ3n) is 7.25. The first kappa shape index (κ1) is 24.5. The molecule has 188 valence electrons. The van der Waals surface area contributed by atoms with Crippen molar-refractivity contribution in [2.75, 3.05) is 6.61 Å². The summed E-state index contributed by atoms with van der Waals surface area (Å²) in [5, 5.41) is 0. The number of esters is 1. The van der Waals surface area contributed by atoms with Crippen LogP contribution in [0.4, 0.5) is 17.6 Å². The van der Waals surface area contributed by atoms with Crippen LogP contribution in [-0.4, -0.2) is 12.6 Å². The Kier molecular flexibility index (Phi) is 6.84. The Balaban J connectivity index is 1.23. The zero-order valence-electron chi connectivity index (χ0n) is 19.8. The largest absolute Gasteiger partial charge is 0.423 e. The van der Waals surface area contributed by atoms with Crippen LogP contribution < -0.4 is 4.74 Å². The number of epoxide rings is 1. The minimum atomic E-state index is -1.22. The maximum atomic E-state index is 15.0. The average molecular weight is 499 g/mol. The molecule has 36 heavy (non-hydrogen) atoms. The molecule has 1 saturated heterocycles. The van der Waals surface area contributed by atoms with Crippen molar-refractivity contribution in [3.8, 4) is 16.9 Å². The van der Waals surface area contributed by atoms with Crippen LogP contribution in [0.25, 0.3) is 11.1 Å². The van der Waals surface area contributed by atoms with Crippen molar-refractivity contribution in [1.29, 1.82) is 0 Å². The predicted octanol–water partition coefficient (Wildman–Crippen LogP) is 7.42. The van der Waals surface area contributed by atoms with Crippen molar-refractivity contribution in [1.82, 2.24) is 0 Å². The van der Waals surface area contributed by atoms with Gasteiger partial charge in [-0.15, -0.1) is 0 Å². The van der Waals surface area contributed by atoms with Gasteiger partial charge >= 0.3 is 5.97 Å². The first-order valence-electron chi connectivity index (χ1n) is 12.3. The van der Waals surface area contributed by atoms with Crippen molar-refractivity contribution in [2.24, 2.45) is 5.92 Å². The molecule has 1 aliphatic carbocycles. The van der Waals surface area contributed by atoms with Gasteiger partial charge in [0.25, 0.3) is 0 Å². The summed E-state index contributed by atoms with van der Waals surface area (Å²) in [4.78, 5) is 12.6. The van der Waals surface area contributed by atoms with Crippen molar-refractivity contribution < 1.29 is 31.8 Å². The van der Waals surface area contributed by atoms with Gasteiger partial charge < -0.3 is 9.47 Å². The lowest BCUT2D eigenvalue weighted by molar-refractivity contribution is -0.140. The lowest BCUT2D eigenvalue weighted by Crippen LogP contribution is -2.26. The molecule has 0 N–H and O–H groups in total. The summed E-state index contributed by atoms with van der Waals surface area (Å²) < 4.78 is 68.7. The van der Waals surface area contributed by atoms with Gasteiger partial charge in [0.15, 0.2) is 23.2 Å². The van der Waals surface area contributed by atoms with Crippen LogP contribution >= 0.6 is 0 Å². The van der Waals surface area contributed by atoms with E-state index in [9.17, 15) is 18.0 Å². The summed E-state index contributed by atoms with van der Waals surface area (Å²) in [5.74, 6) is -5.92. The van der Waals surface area contributed by atoms with Gasteiger partial charge in [-0.25, -0.2) is 13.2 Å². The fraction of sp³-hybridized carbons (Fsp3) is 0.345. The summed E-state index contributed by atoms with van der Waals surface area (Å²) in [7, 11) is 0.